The monoisotopic (exact) mass is 506 g/mol. The summed E-state index contributed by atoms with van der Waals surface area (Å²) in [6, 6.07) is 51.2. The summed E-state index contributed by atoms with van der Waals surface area (Å²) >= 11 is 0. The van der Waals surface area contributed by atoms with Crippen LogP contribution in [0.1, 0.15) is 11.2 Å². The average molecular weight is 507 g/mol. The molecular formula is C33H28ClOP. The van der Waals surface area contributed by atoms with Crippen LogP contribution in [0.25, 0.3) is 0 Å². The summed E-state index contributed by atoms with van der Waals surface area (Å²) in [6.45, 7) is 4.38. The highest BCUT2D eigenvalue weighted by Gasteiger charge is 2.51. The molecule has 0 N–H and O–H groups in total. The molecule has 0 aliphatic heterocycles. The maximum absolute atomic E-state index is 6.22. The van der Waals surface area contributed by atoms with Gasteiger partial charge in [0, 0.05) is 5.56 Å². The molecule has 0 aliphatic carbocycles. The van der Waals surface area contributed by atoms with Crippen LogP contribution in [0.4, 0.5) is 0 Å². The Morgan fingerprint density at radius 1 is 0.528 bits per heavy atom. The molecular weight excluding hydrogens is 479 g/mol. The molecule has 178 valence electrons. The molecule has 0 aliphatic rings. The third-order valence-electron chi connectivity index (χ3n) is 6.31. The number of benzene rings is 5. The van der Waals surface area contributed by atoms with Crippen LogP contribution in [-0.4, -0.2) is 0 Å². The summed E-state index contributed by atoms with van der Waals surface area (Å²) in [6.07, 6.45) is 2.13. The van der Waals surface area contributed by atoms with Gasteiger partial charge in [0.15, 0.2) is 0 Å². The minimum Gasteiger partial charge on any atom is -1.00 e. The SMILES string of the molecule is C=CC(c1cccc(Oc2ccccc2)c1)[P+](c1ccccc1)(c1ccccc1)c1ccccc1.[Cl-]. The number of ether oxygens (including phenoxy) is 1. The van der Waals surface area contributed by atoms with Crippen LogP contribution in [0.15, 0.2) is 158 Å². The summed E-state index contributed by atoms with van der Waals surface area (Å²) in [4.78, 5) is 0. The summed E-state index contributed by atoms with van der Waals surface area (Å²) in [5, 5.41) is 3.99. The largest absolute Gasteiger partial charge is 1.00 e. The zero-order valence-corrected chi connectivity index (χ0v) is 21.6. The van der Waals surface area contributed by atoms with Crippen LogP contribution in [0.5, 0.6) is 11.5 Å². The van der Waals surface area contributed by atoms with E-state index >= 15 is 0 Å². The number of hydrogen-bond acceptors (Lipinski definition) is 1. The minimum atomic E-state index is -2.16. The lowest BCUT2D eigenvalue weighted by atomic mass is 10.1. The lowest BCUT2D eigenvalue weighted by Crippen LogP contribution is -3.00. The maximum atomic E-state index is 6.22. The zero-order chi connectivity index (χ0) is 23.9. The molecule has 0 saturated carbocycles. The molecule has 3 heteroatoms. The minimum absolute atomic E-state index is 0. The van der Waals surface area contributed by atoms with Gasteiger partial charge in [-0.2, -0.15) is 0 Å². The van der Waals surface area contributed by atoms with Crippen molar-refractivity contribution in [2.24, 2.45) is 0 Å². The third kappa shape index (κ3) is 5.00. The van der Waals surface area contributed by atoms with Gasteiger partial charge in [-0.3, -0.25) is 0 Å². The zero-order valence-electron chi connectivity index (χ0n) is 20.0. The normalized spacial score (nSPS) is 11.7. The topological polar surface area (TPSA) is 9.23 Å². The standard InChI is InChI=1S/C33H28OP.ClH/c1-2-33(27-16-15-19-29(26-27)34-28-17-7-3-8-18-28)35(30-20-9-4-10-21-30,31-22-11-5-12-23-31)32-24-13-6-14-25-32;/h2-26,33H,1H2;1H/q+1;/p-1. The molecule has 5 aromatic rings. The van der Waals surface area contributed by atoms with E-state index in [0.29, 0.717) is 0 Å². The van der Waals surface area contributed by atoms with Gasteiger partial charge in [0.05, 0.1) is 0 Å². The Balaban J connectivity index is 0.00000304. The number of hydrogen-bond donors (Lipinski definition) is 0. The molecule has 0 heterocycles. The van der Waals surface area contributed by atoms with E-state index in [1.54, 1.807) is 0 Å². The second kappa shape index (κ2) is 11.9. The Kier molecular flexibility index (Phi) is 8.39. The van der Waals surface area contributed by atoms with Crippen molar-refractivity contribution in [3.05, 3.63) is 164 Å². The summed E-state index contributed by atoms with van der Waals surface area (Å²) in [7, 11) is -2.16. The lowest BCUT2D eigenvalue weighted by Gasteiger charge is -2.33. The first kappa shape index (κ1) is 25.5. The molecule has 5 rings (SSSR count). The van der Waals surface area contributed by atoms with Crippen LogP contribution in [0.3, 0.4) is 0 Å². The molecule has 36 heavy (non-hydrogen) atoms. The van der Waals surface area contributed by atoms with E-state index in [-0.39, 0.29) is 18.1 Å². The van der Waals surface area contributed by atoms with Crippen LogP contribution >= 0.6 is 7.26 Å². The van der Waals surface area contributed by atoms with Crippen molar-refractivity contribution in [2.45, 2.75) is 5.66 Å². The van der Waals surface area contributed by atoms with Gasteiger partial charge in [-0.05, 0) is 66.7 Å². The summed E-state index contributed by atoms with van der Waals surface area (Å²) in [5.41, 5.74) is 1.26. The van der Waals surface area contributed by atoms with Gasteiger partial charge in [0.25, 0.3) is 0 Å². The highest BCUT2D eigenvalue weighted by molar-refractivity contribution is 7.96. The van der Waals surface area contributed by atoms with Crippen molar-refractivity contribution in [1.82, 2.24) is 0 Å². The van der Waals surface area contributed by atoms with Crippen molar-refractivity contribution in [2.75, 3.05) is 0 Å². The number of allylic oxidation sites excluding steroid dienone is 1. The number of rotatable bonds is 8. The van der Waals surface area contributed by atoms with Gasteiger partial charge in [0.2, 0.25) is 0 Å². The van der Waals surface area contributed by atoms with E-state index in [0.717, 1.165) is 11.5 Å². The van der Waals surface area contributed by atoms with Crippen LogP contribution in [0, 0.1) is 0 Å². The van der Waals surface area contributed by atoms with Crippen molar-refractivity contribution in [3.8, 4) is 11.5 Å². The van der Waals surface area contributed by atoms with E-state index in [1.807, 2.05) is 36.4 Å². The lowest BCUT2D eigenvalue weighted by molar-refractivity contribution is -0.00000725. The molecule has 0 aromatic heterocycles. The second-order valence-electron chi connectivity index (χ2n) is 8.40. The Morgan fingerprint density at radius 2 is 0.944 bits per heavy atom. The first-order chi connectivity index (χ1) is 17.3. The molecule has 0 bridgehead atoms. The molecule has 1 nitrogen and oxygen atoms in total. The van der Waals surface area contributed by atoms with Gasteiger partial charge in [-0.25, -0.2) is 0 Å². The highest BCUT2D eigenvalue weighted by atomic mass is 35.5. The van der Waals surface area contributed by atoms with Crippen molar-refractivity contribution < 1.29 is 17.1 Å². The fourth-order valence-corrected chi connectivity index (χ4v) is 9.53. The highest BCUT2D eigenvalue weighted by Crippen LogP contribution is 2.67. The van der Waals surface area contributed by atoms with Crippen molar-refractivity contribution in [1.29, 1.82) is 0 Å². The van der Waals surface area contributed by atoms with E-state index in [2.05, 4.69) is 122 Å². The van der Waals surface area contributed by atoms with E-state index in [4.69, 9.17) is 4.74 Å². The molecule has 1 unspecified atom stereocenters. The molecule has 0 spiro atoms. The van der Waals surface area contributed by atoms with Crippen LogP contribution < -0.4 is 33.1 Å². The number of para-hydroxylation sites is 1. The first-order valence-electron chi connectivity index (χ1n) is 11.8. The van der Waals surface area contributed by atoms with E-state index < -0.39 is 7.26 Å². The maximum Gasteiger partial charge on any atom is 0.127 e. The quantitative estimate of drug-likeness (QED) is 0.219. The smallest absolute Gasteiger partial charge is 0.127 e. The average Bonchev–Trinajstić information content (AvgIpc) is 2.94. The summed E-state index contributed by atoms with van der Waals surface area (Å²) < 4.78 is 6.22. The van der Waals surface area contributed by atoms with Gasteiger partial charge in [0.1, 0.15) is 40.3 Å². The summed E-state index contributed by atoms with van der Waals surface area (Å²) in [5.74, 6) is 1.66. The van der Waals surface area contributed by atoms with E-state index in [1.165, 1.54) is 21.5 Å². The van der Waals surface area contributed by atoms with Gasteiger partial charge < -0.3 is 17.1 Å². The van der Waals surface area contributed by atoms with E-state index in [9.17, 15) is 0 Å². The predicted octanol–water partition coefficient (Wildman–Crippen LogP) is 4.70. The molecule has 5 aromatic carbocycles. The van der Waals surface area contributed by atoms with Gasteiger partial charge >= 0.3 is 0 Å². The fourth-order valence-electron chi connectivity index (χ4n) is 4.82. The Hall–Kier alpha value is -3.64. The Morgan fingerprint density at radius 3 is 1.39 bits per heavy atom. The fraction of sp³-hybridized carbons (Fsp3) is 0.0303. The number of halogens is 1. The van der Waals surface area contributed by atoms with Crippen LogP contribution in [-0.2, 0) is 0 Å². The Bertz CT molecular complexity index is 1280. The Labute approximate surface area is 220 Å². The van der Waals surface area contributed by atoms with Gasteiger partial charge in [-0.15, -0.1) is 0 Å². The van der Waals surface area contributed by atoms with Crippen LogP contribution in [0.2, 0.25) is 0 Å². The third-order valence-corrected chi connectivity index (χ3v) is 11.0. The molecule has 0 saturated heterocycles. The molecule has 0 fully saturated rings. The molecule has 0 radical (unpaired) electrons. The molecule has 0 amide bonds. The van der Waals surface area contributed by atoms with Gasteiger partial charge in [-0.1, -0.05) is 91.5 Å². The van der Waals surface area contributed by atoms with Crippen molar-refractivity contribution >= 4 is 23.2 Å². The van der Waals surface area contributed by atoms with Crippen molar-refractivity contribution in [3.63, 3.8) is 0 Å². The first-order valence-corrected chi connectivity index (χ1v) is 13.7. The second-order valence-corrected chi connectivity index (χ2v) is 11.9. The molecule has 1 atom stereocenters. The predicted molar refractivity (Wildman–Crippen MR) is 151 cm³/mol.